The van der Waals surface area contributed by atoms with Crippen molar-refractivity contribution in [2.24, 2.45) is 0 Å². The predicted octanol–water partition coefficient (Wildman–Crippen LogP) is 9.02. The number of fused-ring (bicyclic) bond motifs is 1. The lowest BCUT2D eigenvalue weighted by atomic mass is 9.99. The number of pyridine rings is 1. The third-order valence-electron chi connectivity index (χ3n) is 6.64. The number of hydrogen-bond donors (Lipinski definition) is 0. The summed E-state index contributed by atoms with van der Waals surface area (Å²) in [6, 6.07) is 15.2. The van der Waals surface area contributed by atoms with Crippen LogP contribution in [-0.4, -0.2) is 9.88 Å². The first-order valence-corrected chi connectivity index (χ1v) is 13.0. The summed E-state index contributed by atoms with van der Waals surface area (Å²) in [7, 11) is 0. The van der Waals surface area contributed by atoms with Gasteiger partial charge in [-0.1, -0.05) is 61.9 Å². The van der Waals surface area contributed by atoms with Gasteiger partial charge in [-0.25, -0.2) is 0 Å². The SMILES string of the molecule is C=C(C)CCc1cc(-c2cc(C)cc(Cl)c2)cnc1C.C=C(CC)N1Cc2ccc(CC)cc2C1. The first-order valence-electron chi connectivity index (χ1n) is 12.6. The molecule has 0 aliphatic carbocycles. The molecule has 2 nitrogen and oxygen atoms in total. The summed E-state index contributed by atoms with van der Waals surface area (Å²) >= 11 is 6.14. The Morgan fingerprint density at radius 3 is 2.37 bits per heavy atom. The molecule has 3 heteroatoms. The van der Waals surface area contributed by atoms with Gasteiger partial charge >= 0.3 is 0 Å². The van der Waals surface area contributed by atoms with Crippen molar-refractivity contribution in [2.45, 2.75) is 73.4 Å². The van der Waals surface area contributed by atoms with E-state index in [4.69, 9.17) is 11.6 Å². The van der Waals surface area contributed by atoms with E-state index in [-0.39, 0.29) is 0 Å². The molecule has 0 radical (unpaired) electrons. The molecular formula is C32H39ClN2. The largest absolute Gasteiger partial charge is 0.367 e. The van der Waals surface area contributed by atoms with Gasteiger partial charge in [-0.05, 0) is 98.0 Å². The highest BCUT2D eigenvalue weighted by Crippen LogP contribution is 2.28. The first kappa shape index (κ1) is 26.8. The zero-order valence-electron chi connectivity index (χ0n) is 22.0. The van der Waals surface area contributed by atoms with Crippen LogP contribution in [0.25, 0.3) is 11.1 Å². The van der Waals surface area contributed by atoms with Crippen LogP contribution in [0.3, 0.4) is 0 Å². The van der Waals surface area contributed by atoms with Crippen LogP contribution in [0, 0.1) is 13.8 Å². The van der Waals surface area contributed by atoms with Gasteiger partial charge in [0.15, 0.2) is 0 Å². The summed E-state index contributed by atoms with van der Waals surface area (Å²) in [5, 5.41) is 0.768. The van der Waals surface area contributed by atoms with E-state index >= 15 is 0 Å². The maximum absolute atomic E-state index is 6.14. The third-order valence-corrected chi connectivity index (χ3v) is 6.86. The van der Waals surface area contributed by atoms with Crippen LogP contribution in [0.1, 0.15) is 67.1 Å². The summed E-state index contributed by atoms with van der Waals surface area (Å²) < 4.78 is 0. The van der Waals surface area contributed by atoms with Crippen molar-refractivity contribution < 1.29 is 0 Å². The van der Waals surface area contributed by atoms with Crippen LogP contribution >= 0.6 is 11.6 Å². The lowest BCUT2D eigenvalue weighted by Crippen LogP contribution is -2.13. The Kier molecular flexibility index (Phi) is 9.34. The second kappa shape index (κ2) is 12.2. The van der Waals surface area contributed by atoms with E-state index in [1.165, 1.54) is 33.5 Å². The number of aromatic nitrogens is 1. The Balaban J connectivity index is 0.000000203. The van der Waals surface area contributed by atoms with Crippen molar-refractivity contribution in [1.29, 1.82) is 0 Å². The Bertz CT molecular complexity index is 1190. The highest BCUT2D eigenvalue weighted by Gasteiger charge is 2.18. The van der Waals surface area contributed by atoms with Crippen LogP contribution in [0.15, 0.2) is 73.1 Å². The average Bonchev–Trinajstić information content (AvgIpc) is 3.26. The number of aryl methyl sites for hydroxylation is 4. The van der Waals surface area contributed by atoms with Gasteiger partial charge in [-0.3, -0.25) is 4.98 Å². The van der Waals surface area contributed by atoms with Gasteiger partial charge in [0, 0.05) is 41.3 Å². The third kappa shape index (κ3) is 7.32. The van der Waals surface area contributed by atoms with Crippen LogP contribution in [0.2, 0.25) is 5.02 Å². The number of nitrogens with zero attached hydrogens (tertiary/aromatic N) is 2. The van der Waals surface area contributed by atoms with Gasteiger partial charge in [0.2, 0.25) is 0 Å². The van der Waals surface area contributed by atoms with Crippen LogP contribution < -0.4 is 0 Å². The Morgan fingerprint density at radius 1 is 0.971 bits per heavy atom. The molecule has 0 bridgehead atoms. The molecule has 0 spiro atoms. The summed E-state index contributed by atoms with van der Waals surface area (Å²) in [6.07, 6.45) is 6.09. The van der Waals surface area contributed by atoms with E-state index in [9.17, 15) is 0 Å². The summed E-state index contributed by atoms with van der Waals surface area (Å²) in [5.74, 6) is 0. The number of hydrogen-bond acceptors (Lipinski definition) is 2. The van der Waals surface area contributed by atoms with E-state index in [1.807, 2.05) is 18.3 Å². The molecule has 1 aliphatic rings. The number of halogens is 1. The van der Waals surface area contributed by atoms with Crippen LogP contribution in [0.4, 0.5) is 0 Å². The monoisotopic (exact) mass is 486 g/mol. The van der Waals surface area contributed by atoms with Gasteiger partial charge in [0.05, 0.1) is 0 Å². The van der Waals surface area contributed by atoms with Crippen molar-refractivity contribution in [2.75, 3.05) is 0 Å². The van der Waals surface area contributed by atoms with Crippen molar-refractivity contribution in [3.8, 4) is 11.1 Å². The molecule has 0 N–H and O–H groups in total. The average molecular weight is 487 g/mol. The fraction of sp³-hybridized carbons (Fsp3) is 0.344. The highest BCUT2D eigenvalue weighted by molar-refractivity contribution is 6.30. The molecule has 3 aromatic rings. The van der Waals surface area contributed by atoms with Crippen molar-refractivity contribution >= 4 is 11.6 Å². The molecule has 0 atom stereocenters. The molecule has 4 rings (SSSR count). The molecule has 2 aromatic carbocycles. The van der Waals surface area contributed by atoms with Crippen molar-refractivity contribution in [3.05, 3.63) is 112 Å². The fourth-order valence-electron chi connectivity index (χ4n) is 4.36. The smallest absolute Gasteiger partial charge is 0.0433 e. The van der Waals surface area contributed by atoms with Gasteiger partial charge in [0.1, 0.15) is 0 Å². The molecule has 184 valence electrons. The number of benzene rings is 2. The molecule has 0 saturated heterocycles. The lowest BCUT2D eigenvalue weighted by molar-refractivity contribution is 0.354. The van der Waals surface area contributed by atoms with Crippen molar-refractivity contribution in [3.63, 3.8) is 0 Å². The van der Waals surface area contributed by atoms with E-state index in [0.29, 0.717) is 0 Å². The fourth-order valence-corrected chi connectivity index (χ4v) is 4.65. The van der Waals surface area contributed by atoms with Crippen LogP contribution in [-0.2, 0) is 25.9 Å². The number of allylic oxidation sites excluding steroid dienone is 2. The zero-order valence-corrected chi connectivity index (χ0v) is 22.8. The Labute approximate surface area is 217 Å². The number of rotatable bonds is 7. The maximum Gasteiger partial charge on any atom is 0.0433 e. The Hall–Kier alpha value is -2.84. The minimum absolute atomic E-state index is 0.768. The molecule has 0 amide bonds. The maximum atomic E-state index is 6.14. The lowest BCUT2D eigenvalue weighted by Gasteiger charge is -2.18. The van der Waals surface area contributed by atoms with E-state index < -0.39 is 0 Å². The highest BCUT2D eigenvalue weighted by atomic mass is 35.5. The molecule has 1 aliphatic heterocycles. The van der Waals surface area contributed by atoms with Crippen molar-refractivity contribution in [1.82, 2.24) is 9.88 Å². The van der Waals surface area contributed by atoms with Crippen LogP contribution in [0.5, 0.6) is 0 Å². The minimum atomic E-state index is 0.768. The second-order valence-corrected chi connectivity index (χ2v) is 10.1. The van der Waals surface area contributed by atoms with Gasteiger partial charge in [0.25, 0.3) is 0 Å². The summed E-state index contributed by atoms with van der Waals surface area (Å²) in [4.78, 5) is 6.90. The topological polar surface area (TPSA) is 16.1 Å². The van der Waals surface area contributed by atoms with E-state index in [0.717, 1.165) is 66.2 Å². The molecule has 0 saturated carbocycles. The first-order chi connectivity index (χ1) is 16.7. The van der Waals surface area contributed by atoms with Gasteiger partial charge in [-0.15, -0.1) is 6.58 Å². The Morgan fingerprint density at radius 2 is 1.71 bits per heavy atom. The molecule has 0 unspecified atom stereocenters. The summed E-state index contributed by atoms with van der Waals surface area (Å²) in [6.45, 7) is 20.7. The van der Waals surface area contributed by atoms with Gasteiger partial charge < -0.3 is 4.90 Å². The zero-order chi connectivity index (χ0) is 25.5. The van der Waals surface area contributed by atoms with E-state index in [1.54, 1.807) is 0 Å². The van der Waals surface area contributed by atoms with Gasteiger partial charge in [-0.2, -0.15) is 0 Å². The normalized spacial score (nSPS) is 12.1. The van der Waals surface area contributed by atoms with E-state index in [2.05, 4.69) is 88.0 Å². The minimum Gasteiger partial charge on any atom is -0.367 e. The molecule has 2 heterocycles. The summed E-state index contributed by atoms with van der Waals surface area (Å²) in [5.41, 5.74) is 12.6. The molecular weight excluding hydrogens is 448 g/mol. The standard InChI is InChI=1S/C18H20ClN.C14H19N/c1-12(2)5-6-15-9-17(11-20-14(15)4)16-7-13(3)8-18(19)10-16;1-4-11(3)15-9-13-7-6-12(5-2)8-14(13)10-15/h7-11H,1,5-6H2,2-4H3;6-8H,3-5,9-10H2,1-2H3. The molecule has 0 fully saturated rings. The quantitative estimate of drug-likeness (QED) is 0.309. The second-order valence-electron chi connectivity index (χ2n) is 9.68. The predicted molar refractivity (Wildman–Crippen MR) is 152 cm³/mol. The molecule has 35 heavy (non-hydrogen) atoms. The molecule has 1 aromatic heterocycles.